The number of allylic oxidation sites excluding steroid dienone is 1. The minimum absolute atomic E-state index is 0.0198. The van der Waals surface area contributed by atoms with Crippen molar-refractivity contribution in [2.24, 2.45) is 0 Å². The molecule has 19 heavy (non-hydrogen) atoms. The normalized spacial score (nSPS) is 12.2. The third-order valence-electron chi connectivity index (χ3n) is 2.75. The number of rotatable bonds is 6. The number of nitrogen functional groups attached to an aromatic ring is 1. The number of sulfone groups is 1. The van der Waals surface area contributed by atoms with E-state index < -0.39 is 15.1 Å². The molecule has 1 aromatic carbocycles. The zero-order valence-electron chi connectivity index (χ0n) is 11.2. The molecule has 0 unspecified atom stereocenters. The molecule has 0 spiro atoms. The second kappa shape index (κ2) is 6.52. The van der Waals surface area contributed by atoms with Gasteiger partial charge >= 0.3 is 0 Å². The van der Waals surface area contributed by atoms with E-state index in [9.17, 15) is 13.2 Å². The van der Waals surface area contributed by atoms with Gasteiger partial charge < -0.3 is 5.73 Å². The van der Waals surface area contributed by atoms with Gasteiger partial charge in [-0.15, -0.1) is 0 Å². The van der Waals surface area contributed by atoms with Crippen molar-refractivity contribution in [3.8, 4) is 0 Å². The lowest BCUT2D eigenvalue weighted by Crippen LogP contribution is -2.19. The highest BCUT2D eigenvalue weighted by molar-refractivity contribution is 7.91. The zero-order valence-corrected chi connectivity index (χ0v) is 12.0. The van der Waals surface area contributed by atoms with Crippen LogP contribution in [0.5, 0.6) is 0 Å². The van der Waals surface area contributed by atoms with E-state index in [2.05, 4.69) is 0 Å². The van der Waals surface area contributed by atoms with Crippen LogP contribution in [0.2, 0.25) is 0 Å². The maximum Gasteiger partial charge on any atom is 0.156 e. The van der Waals surface area contributed by atoms with Gasteiger partial charge in [-0.25, -0.2) is 8.42 Å². The topological polar surface area (TPSA) is 77.2 Å². The average molecular weight is 281 g/mol. The van der Waals surface area contributed by atoms with Crippen LogP contribution in [-0.2, 0) is 14.6 Å². The number of carbonyl (C=O) groups excluding carboxylic acids is 1. The van der Waals surface area contributed by atoms with Crippen molar-refractivity contribution in [2.75, 3.05) is 11.5 Å². The van der Waals surface area contributed by atoms with Gasteiger partial charge in [-0.3, -0.25) is 4.79 Å². The van der Waals surface area contributed by atoms with E-state index in [1.807, 2.05) is 0 Å². The summed E-state index contributed by atoms with van der Waals surface area (Å²) in [6, 6.07) is 7.08. The summed E-state index contributed by atoms with van der Waals surface area (Å²) in [5, 5.41) is -0.443. The Morgan fingerprint density at radius 2 is 1.84 bits per heavy atom. The molecule has 0 aliphatic heterocycles. The monoisotopic (exact) mass is 281 g/mol. The first-order valence-corrected chi connectivity index (χ1v) is 7.81. The maximum absolute atomic E-state index is 11.6. The molecule has 0 saturated heterocycles. The fourth-order valence-corrected chi connectivity index (χ4v) is 2.32. The van der Waals surface area contributed by atoms with Crippen molar-refractivity contribution < 1.29 is 13.2 Å². The first-order chi connectivity index (χ1) is 8.81. The number of nitrogens with two attached hydrogens (primary N) is 1. The molecule has 0 amide bonds. The second-order valence-corrected chi connectivity index (χ2v) is 7.31. The zero-order chi connectivity index (χ0) is 14.5. The number of anilines is 1. The quantitative estimate of drug-likeness (QED) is 0.639. The van der Waals surface area contributed by atoms with Crippen LogP contribution < -0.4 is 5.73 Å². The Balaban J connectivity index is 2.54. The van der Waals surface area contributed by atoms with Gasteiger partial charge in [0, 0.05) is 12.1 Å². The summed E-state index contributed by atoms with van der Waals surface area (Å²) in [6.45, 7) is 3.23. The molecule has 1 rings (SSSR count). The molecule has 0 aliphatic rings. The third-order valence-corrected chi connectivity index (χ3v) is 4.96. The molecule has 2 N–H and O–H groups in total. The van der Waals surface area contributed by atoms with Gasteiger partial charge in [0.05, 0.1) is 11.0 Å². The number of hydrogen-bond acceptors (Lipinski definition) is 4. The molecular weight excluding hydrogens is 262 g/mol. The van der Waals surface area contributed by atoms with Crippen molar-refractivity contribution in [1.82, 2.24) is 0 Å². The molecule has 4 nitrogen and oxygen atoms in total. The second-order valence-electron chi connectivity index (χ2n) is 4.63. The highest BCUT2D eigenvalue weighted by Crippen LogP contribution is 2.08. The third kappa shape index (κ3) is 5.26. The van der Waals surface area contributed by atoms with E-state index in [0.29, 0.717) is 5.69 Å². The molecule has 0 atom stereocenters. The smallest absolute Gasteiger partial charge is 0.156 e. The average Bonchev–Trinajstić information content (AvgIpc) is 2.35. The highest BCUT2D eigenvalue weighted by atomic mass is 32.2. The van der Waals surface area contributed by atoms with Crippen molar-refractivity contribution in [3.63, 3.8) is 0 Å². The minimum atomic E-state index is -3.15. The summed E-state index contributed by atoms with van der Waals surface area (Å²) < 4.78 is 23.1. The van der Waals surface area contributed by atoms with Crippen LogP contribution in [0.4, 0.5) is 5.69 Å². The van der Waals surface area contributed by atoms with Gasteiger partial charge in [0.2, 0.25) is 0 Å². The summed E-state index contributed by atoms with van der Waals surface area (Å²) >= 11 is 0. The van der Waals surface area contributed by atoms with Gasteiger partial charge in [0.1, 0.15) is 0 Å². The Bertz CT molecular complexity index is 557. The van der Waals surface area contributed by atoms with E-state index in [1.54, 1.807) is 44.2 Å². The number of hydrogen-bond donors (Lipinski definition) is 1. The van der Waals surface area contributed by atoms with Gasteiger partial charge in [0.15, 0.2) is 15.6 Å². The van der Waals surface area contributed by atoms with Crippen LogP contribution in [0.25, 0.3) is 6.08 Å². The first kappa shape index (κ1) is 15.4. The molecule has 0 saturated carbocycles. The summed E-state index contributed by atoms with van der Waals surface area (Å²) in [7, 11) is -3.15. The predicted octanol–water partition coefficient (Wildman–Crippen LogP) is 2.06. The molecule has 104 valence electrons. The fourth-order valence-electron chi connectivity index (χ4n) is 1.36. The Kier molecular flexibility index (Phi) is 5.30. The summed E-state index contributed by atoms with van der Waals surface area (Å²) in [4.78, 5) is 11.6. The molecule has 0 fully saturated rings. The summed E-state index contributed by atoms with van der Waals surface area (Å²) in [5.74, 6) is -0.295. The van der Waals surface area contributed by atoms with Crippen LogP contribution in [-0.4, -0.2) is 25.2 Å². The van der Waals surface area contributed by atoms with E-state index in [4.69, 9.17) is 5.73 Å². The van der Waals surface area contributed by atoms with Gasteiger partial charge in [-0.1, -0.05) is 18.2 Å². The highest BCUT2D eigenvalue weighted by Gasteiger charge is 2.16. The van der Waals surface area contributed by atoms with Crippen LogP contribution >= 0.6 is 0 Å². The largest absolute Gasteiger partial charge is 0.399 e. The van der Waals surface area contributed by atoms with E-state index >= 15 is 0 Å². The Hall–Kier alpha value is -1.62. The SMILES string of the molecule is CC(C)S(=O)(=O)CCC(=O)/C=C/c1ccc(N)cc1. The molecular formula is C14H19NO3S. The lowest BCUT2D eigenvalue weighted by Gasteiger charge is -2.05. The molecule has 0 aliphatic carbocycles. The summed E-state index contributed by atoms with van der Waals surface area (Å²) in [6.07, 6.45) is 3.08. The van der Waals surface area contributed by atoms with Gasteiger partial charge in [-0.05, 0) is 37.6 Å². The van der Waals surface area contributed by atoms with Crippen LogP contribution in [0.1, 0.15) is 25.8 Å². The predicted molar refractivity (Wildman–Crippen MR) is 78.4 cm³/mol. The standard InChI is InChI=1S/C14H19NO3S/c1-11(2)19(17,18)10-9-14(16)8-5-12-3-6-13(15)7-4-12/h3-8,11H,9-10,15H2,1-2H3/b8-5+. The van der Waals surface area contributed by atoms with Crippen molar-refractivity contribution in [2.45, 2.75) is 25.5 Å². The fraction of sp³-hybridized carbons (Fsp3) is 0.357. The molecule has 0 bridgehead atoms. The maximum atomic E-state index is 11.6. The van der Waals surface area contributed by atoms with Crippen molar-refractivity contribution in [1.29, 1.82) is 0 Å². The molecule has 1 aromatic rings. The van der Waals surface area contributed by atoms with Gasteiger partial charge in [0.25, 0.3) is 0 Å². The Labute approximate surface area is 114 Å². The van der Waals surface area contributed by atoms with Crippen LogP contribution in [0.15, 0.2) is 30.3 Å². The molecule has 5 heteroatoms. The Morgan fingerprint density at radius 1 is 1.26 bits per heavy atom. The summed E-state index contributed by atoms with van der Waals surface area (Å²) in [5.41, 5.74) is 7.06. The lowest BCUT2D eigenvalue weighted by molar-refractivity contribution is -0.114. The van der Waals surface area contributed by atoms with E-state index in [0.717, 1.165) is 5.56 Å². The molecule has 0 heterocycles. The van der Waals surface area contributed by atoms with Crippen molar-refractivity contribution in [3.05, 3.63) is 35.9 Å². The first-order valence-electron chi connectivity index (χ1n) is 6.09. The molecule has 0 aromatic heterocycles. The van der Waals surface area contributed by atoms with Crippen molar-refractivity contribution >= 4 is 27.4 Å². The molecule has 0 radical (unpaired) electrons. The lowest BCUT2D eigenvalue weighted by atomic mass is 10.1. The van der Waals surface area contributed by atoms with E-state index in [1.165, 1.54) is 6.08 Å². The van der Waals surface area contributed by atoms with Crippen LogP contribution in [0, 0.1) is 0 Å². The van der Waals surface area contributed by atoms with E-state index in [-0.39, 0.29) is 18.0 Å². The van der Waals surface area contributed by atoms with Crippen LogP contribution in [0.3, 0.4) is 0 Å². The number of ketones is 1. The minimum Gasteiger partial charge on any atom is -0.399 e. The van der Waals surface area contributed by atoms with Gasteiger partial charge in [-0.2, -0.15) is 0 Å². The number of carbonyl (C=O) groups is 1. The number of benzene rings is 1. The Morgan fingerprint density at radius 3 is 2.37 bits per heavy atom.